The summed E-state index contributed by atoms with van der Waals surface area (Å²) >= 11 is 0. The standard InChI is InChI=1S/C19H19FN4O2/c1-3-23-11-15(22-12-23)10-21-18(25)17-13(2)8-9-24(19(17)26)16-6-4-14(20)5-7-16/h4-9,11-12H,3,10H2,1-2H3,(H,21,25). The summed E-state index contributed by atoms with van der Waals surface area (Å²) in [6.07, 6.45) is 5.11. The maximum Gasteiger partial charge on any atom is 0.268 e. The summed E-state index contributed by atoms with van der Waals surface area (Å²) in [5, 5.41) is 2.73. The van der Waals surface area contributed by atoms with Gasteiger partial charge in [-0.2, -0.15) is 0 Å². The molecule has 0 saturated carbocycles. The van der Waals surface area contributed by atoms with Gasteiger partial charge in [0, 0.05) is 24.6 Å². The second-order valence-corrected chi connectivity index (χ2v) is 5.90. The van der Waals surface area contributed by atoms with Crippen molar-refractivity contribution in [3.63, 3.8) is 0 Å². The molecule has 0 saturated heterocycles. The van der Waals surface area contributed by atoms with Gasteiger partial charge in [-0.25, -0.2) is 9.37 Å². The first kappa shape index (κ1) is 17.6. The van der Waals surface area contributed by atoms with E-state index in [-0.39, 0.29) is 12.1 Å². The van der Waals surface area contributed by atoms with Crippen molar-refractivity contribution in [3.05, 3.63) is 82.0 Å². The van der Waals surface area contributed by atoms with E-state index >= 15 is 0 Å². The van der Waals surface area contributed by atoms with Gasteiger partial charge in [-0.15, -0.1) is 0 Å². The van der Waals surface area contributed by atoms with Crippen molar-refractivity contribution in [2.75, 3.05) is 0 Å². The Morgan fingerprint density at radius 1 is 1.23 bits per heavy atom. The Balaban J connectivity index is 1.86. The van der Waals surface area contributed by atoms with Gasteiger partial charge < -0.3 is 9.88 Å². The highest BCUT2D eigenvalue weighted by atomic mass is 19.1. The predicted molar refractivity (Wildman–Crippen MR) is 95.8 cm³/mol. The molecule has 134 valence electrons. The molecule has 0 unspecified atom stereocenters. The van der Waals surface area contributed by atoms with Gasteiger partial charge in [0.25, 0.3) is 11.5 Å². The fourth-order valence-corrected chi connectivity index (χ4v) is 2.64. The lowest BCUT2D eigenvalue weighted by atomic mass is 10.1. The summed E-state index contributed by atoms with van der Waals surface area (Å²) in [5.74, 6) is -0.853. The molecule has 1 N–H and O–H groups in total. The number of aromatic nitrogens is 3. The normalized spacial score (nSPS) is 10.7. The van der Waals surface area contributed by atoms with Crippen LogP contribution in [0.2, 0.25) is 0 Å². The fraction of sp³-hybridized carbons (Fsp3) is 0.211. The molecule has 0 spiro atoms. The minimum Gasteiger partial charge on any atom is -0.346 e. The Bertz CT molecular complexity index is 990. The SMILES string of the molecule is CCn1cnc(CNC(=O)c2c(C)ccn(-c3ccc(F)cc3)c2=O)c1. The second kappa shape index (κ2) is 7.35. The number of imidazole rings is 1. The Kier molecular flexibility index (Phi) is 4.97. The number of halogens is 1. The van der Waals surface area contributed by atoms with E-state index in [0.29, 0.717) is 16.9 Å². The largest absolute Gasteiger partial charge is 0.346 e. The summed E-state index contributed by atoms with van der Waals surface area (Å²) in [5.41, 5.74) is 1.39. The third-order valence-corrected chi connectivity index (χ3v) is 4.11. The van der Waals surface area contributed by atoms with Crippen LogP contribution in [0.4, 0.5) is 4.39 Å². The molecule has 0 aliphatic heterocycles. The smallest absolute Gasteiger partial charge is 0.268 e. The van der Waals surface area contributed by atoms with Crippen LogP contribution in [-0.2, 0) is 13.1 Å². The van der Waals surface area contributed by atoms with E-state index in [1.807, 2.05) is 17.7 Å². The number of pyridine rings is 1. The Hall–Kier alpha value is -3.22. The van der Waals surface area contributed by atoms with E-state index in [4.69, 9.17) is 0 Å². The molecule has 1 aromatic carbocycles. The maximum absolute atomic E-state index is 13.1. The van der Waals surface area contributed by atoms with Gasteiger partial charge in [-0.1, -0.05) is 0 Å². The average Bonchev–Trinajstić information content (AvgIpc) is 3.09. The number of carbonyl (C=O) groups is 1. The second-order valence-electron chi connectivity index (χ2n) is 5.90. The van der Waals surface area contributed by atoms with E-state index in [1.165, 1.54) is 28.8 Å². The highest BCUT2D eigenvalue weighted by Crippen LogP contribution is 2.10. The number of nitrogens with zero attached hydrogens (tertiary/aromatic N) is 3. The first-order valence-corrected chi connectivity index (χ1v) is 8.26. The van der Waals surface area contributed by atoms with E-state index in [2.05, 4.69) is 10.3 Å². The molecule has 2 heterocycles. The molecule has 0 bridgehead atoms. The molecule has 7 heteroatoms. The Morgan fingerprint density at radius 3 is 2.62 bits per heavy atom. The molecule has 0 radical (unpaired) electrons. The maximum atomic E-state index is 13.1. The lowest BCUT2D eigenvalue weighted by Crippen LogP contribution is -2.33. The average molecular weight is 354 g/mol. The van der Waals surface area contributed by atoms with Crippen LogP contribution >= 0.6 is 0 Å². The number of benzene rings is 1. The quantitative estimate of drug-likeness (QED) is 0.765. The van der Waals surface area contributed by atoms with Crippen LogP contribution in [0.15, 0.2) is 53.8 Å². The molecule has 3 aromatic rings. The zero-order valence-electron chi connectivity index (χ0n) is 14.6. The van der Waals surface area contributed by atoms with E-state index in [9.17, 15) is 14.0 Å². The molecule has 0 aliphatic carbocycles. The van der Waals surface area contributed by atoms with Crippen LogP contribution in [0.1, 0.15) is 28.5 Å². The van der Waals surface area contributed by atoms with Gasteiger partial charge in [-0.05, 0) is 49.7 Å². The van der Waals surface area contributed by atoms with E-state index in [0.717, 1.165) is 6.54 Å². The lowest BCUT2D eigenvalue weighted by Gasteiger charge is -2.11. The topological polar surface area (TPSA) is 68.9 Å². The molecular formula is C19H19FN4O2. The van der Waals surface area contributed by atoms with Crippen LogP contribution in [0.25, 0.3) is 5.69 Å². The number of amides is 1. The molecule has 3 rings (SSSR count). The van der Waals surface area contributed by atoms with Crippen molar-refractivity contribution in [1.82, 2.24) is 19.4 Å². The lowest BCUT2D eigenvalue weighted by molar-refractivity contribution is 0.0948. The van der Waals surface area contributed by atoms with Crippen molar-refractivity contribution >= 4 is 5.91 Å². The molecule has 0 atom stereocenters. The molecule has 1 amide bonds. The first-order chi connectivity index (χ1) is 12.5. The zero-order chi connectivity index (χ0) is 18.7. The van der Waals surface area contributed by atoms with Crippen LogP contribution < -0.4 is 10.9 Å². The highest BCUT2D eigenvalue weighted by molar-refractivity contribution is 5.95. The number of carbonyl (C=O) groups excluding carboxylic acids is 1. The van der Waals surface area contributed by atoms with Gasteiger partial charge in [0.05, 0.1) is 18.6 Å². The van der Waals surface area contributed by atoms with Gasteiger partial charge in [0.1, 0.15) is 11.4 Å². The number of hydrogen-bond donors (Lipinski definition) is 1. The summed E-state index contributed by atoms with van der Waals surface area (Å²) in [6, 6.07) is 7.21. The van der Waals surface area contributed by atoms with Gasteiger partial charge in [0.2, 0.25) is 0 Å². The van der Waals surface area contributed by atoms with E-state index < -0.39 is 17.3 Å². The van der Waals surface area contributed by atoms with Crippen LogP contribution in [0.3, 0.4) is 0 Å². The number of rotatable bonds is 5. The third-order valence-electron chi connectivity index (χ3n) is 4.11. The summed E-state index contributed by atoms with van der Waals surface area (Å²) < 4.78 is 16.3. The Labute approximate surface area is 149 Å². The van der Waals surface area contributed by atoms with Gasteiger partial charge in [-0.3, -0.25) is 14.2 Å². The van der Waals surface area contributed by atoms with Crippen LogP contribution in [0, 0.1) is 12.7 Å². The molecule has 0 fully saturated rings. The van der Waals surface area contributed by atoms with Crippen molar-refractivity contribution in [2.24, 2.45) is 0 Å². The Morgan fingerprint density at radius 2 is 1.96 bits per heavy atom. The molecule has 2 aromatic heterocycles. The monoisotopic (exact) mass is 354 g/mol. The summed E-state index contributed by atoms with van der Waals surface area (Å²) in [7, 11) is 0. The minimum atomic E-state index is -0.463. The number of aryl methyl sites for hydroxylation is 2. The minimum absolute atomic E-state index is 0.0618. The number of hydrogen-bond acceptors (Lipinski definition) is 3. The first-order valence-electron chi connectivity index (χ1n) is 8.26. The predicted octanol–water partition coefficient (Wildman–Crippen LogP) is 2.43. The van der Waals surface area contributed by atoms with Gasteiger partial charge in [0.15, 0.2) is 0 Å². The van der Waals surface area contributed by atoms with Crippen molar-refractivity contribution in [2.45, 2.75) is 26.9 Å². The van der Waals surface area contributed by atoms with Crippen molar-refractivity contribution in [3.8, 4) is 5.69 Å². The molecule has 0 aliphatic rings. The molecule has 26 heavy (non-hydrogen) atoms. The number of nitrogens with one attached hydrogen (secondary N) is 1. The zero-order valence-corrected chi connectivity index (χ0v) is 14.6. The molecule has 6 nitrogen and oxygen atoms in total. The summed E-state index contributed by atoms with van der Waals surface area (Å²) in [4.78, 5) is 29.5. The summed E-state index contributed by atoms with van der Waals surface area (Å²) in [6.45, 7) is 4.73. The molecular weight excluding hydrogens is 335 g/mol. The van der Waals surface area contributed by atoms with Crippen LogP contribution in [-0.4, -0.2) is 20.0 Å². The third kappa shape index (κ3) is 3.56. The van der Waals surface area contributed by atoms with Crippen LogP contribution in [0.5, 0.6) is 0 Å². The van der Waals surface area contributed by atoms with Crippen molar-refractivity contribution in [1.29, 1.82) is 0 Å². The van der Waals surface area contributed by atoms with Gasteiger partial charge >= 0.3 is 0 Å². The van der Waals surface area contributed by atoms with Crippen molar-refractivity contribution < 1.29 is 9.18 Å². The fourth-order valence-electron chi connectivity index (χ4n) is 2.64. The van der Waals surface area contributed by atoms with E-state index in [1.54, 1.807) is 25.5 Å². The highest BCUT2D eigenvalue weighted by Gasteiger charge is 2.16.